The van der Waals surface area contributed by atoms with Gasteiger partial charge in [-0.2, -0.15) is 0 Å². The summed E-state index contributed by atoms with van der Waals surface area (Å²) in [5, 5.41) is 3.12. The fourth-order valence-corrected chi connectivity index (χ4v) is 3.07. The molecule has 0 spiro atoms. The summed E-state index contributed by atoms with van der Waals surface area (Å²) in [5.41, 5.74) is 1.83. The van der Waals surface area contributed by atoms with Crippen molar-refractivity contribution in [3.8, 4) is 11.5 Å². The van der Waals surface area contributed by atoms with Gasteiger partial charge in [0.2, 0.25) is 0 Å². The summed E-state index contributed by atoms with van der Waals surface area (Å²) in [7, 11) is 1.65. The van der Waals surface area contributed by atoms with Gasteiger partial charge in [-0.15, -0.1) is 0 Å². The van der Waals surface area contributed by atoms with Crippen molar-refractivity contribution in [1.29, 1.82) is 0 Å². The minimum atomic E-state index is -3.25. The quantitative estimate of drug-likeness (QED) is 0.871. The van der Waals surface area contributed by atoms with Crippen molar-refractivity contribution in [2.45, 2.75) is 31.6 Å². The minimum absolute atomic E-state index is 0.354. The number of ether oxygens (including phenoxy) is 2. The summed E-state index contributed by atoms with van der Waals surface area (Å²) in [6.45, 7) is 5.37. The molecular formula is C15H25NO4S. The van der Waals surface area contributed by atoms with Crippen LogP contribution in [0.3, 0.4) is 0 Å². The monoisotopic (exact) mass is 315 g/mol. The number of benzene rings is 1. The highest BCUT2D eigenvalue weighted by molar-refractivity contribution is 7.92. The first-order chi connectivity index (χ1) is 9.60. The van der Waals surface area contributed by atoms with E-state index in [4.69, 9.17) is 9.47 Å². The van der Waals surface area contributed by atoms with Gasteiger partial charge in [-0.3, -0.25) is 0 Å². The Morgan fingerprint density at radius 3 is 2.00 bits per heavy atom. The van der Waals surface area contributed by atoms with Crippen LogP contribution in [0.2, 0.25) is 0 Å². The summed E-state index contributed by atoms with van der Waals surface area (Å²) in [5.74, 6) is 1.22. The lowest BCUT2D eigenvalue weighted by Crippen LogP contribution is -2.44. The predicted octanol–water partition coefficient (Wildman–Crippen LogP) is 2.10. The summed E-state index contributed by atoms with van der Waals surface area (Å²) in [6, 6.07) is 3.34. The molecule has 0 radical (unpaired) electrons. The number of hydrogen-bond donors (Lipinski definition) is 1. The van der Waals surface area contributed by atoms with Crippen LogP contribution < -0.4 is 14.8 Å². The maximum atomic E-state index is 12.1. The third kappa shape index (κ3) is 3.32. The van der Waals surface area contributed by atoms with Crippen molar-refractivity contribution >= 4 is 9.84 Å². The Morgan fingerprint density at radius 2 is 1.62 bits per heavy atom. The number of sulfone groups is 1. The molecule has 6 heteroatoms. The molecule has 1 unspecified atom stereocenters. The van der Waals surface area contributed by atoms with E-state index in [-0.39, 0.29) is 6.04 Å². The lowest BCUT2D eigenvalue weighted by molar-refractivity contribution is 0.352. The van der Waals surface area contributed by atoms with Gasteiger partial charge in [0.25, 0.3) is 0 Å². The Balaban J connectivity index is 3.49. The fourth-order valence-electron chi connectivity index (χ4n) is 2.40. The molecule has 1 aromatic carbocycles. The summed E-state index contributed by atoms with van der Waals surface area (Å²) in [6.07, 6.45) is 1.26. The SMILES string of the molecule is CNC(c1cc(OC)c(OC)cc1C)C(C)(C)S(C)(=O)=O. The molecule has 1 aromatic rings. The molecule has 1 rings (SSSR count). The van der Waals surface area contributed by atoms with Crippen LogP contribution in [0.15, 0.2) is 12.1 Å². The molecule has 0 saturated heterocycles. The second kappa shape index (κ2) is 6.23. The minimum Gasteiger partial charge on any atom is -0.493 e. The average Bonchev–Trinajstić information content (AvgIpc) is 2.39. The molecular weight excluding hydrogens is 290 g/mol. The van der Waals surface area contributed by atoms with Gasteiger partial charge in [0, 0.05) is 6.26 Å². The zero-order chi connectivity index (χ0) is 16.4. The summed E-state index contributed by atoms with van der Waals surface area (Å²) < 4.78 is 33.9. The van der Waals surface area contributed by atoms with Crippen molar-refractivity contribution < 1.29 is 17.9 Å². The van der Waals surface area contributed by atoms with Crippen molar-refractivity contribution in [3.63, 3.8) is 0 Å². The first-order valence-electron chi connectivity index (χ1n) is 6.69. The standard InChI is InChI=1S/C15H25NO4S/c1-10-8-12(19-5)13(20-6)9-11(10)14(16-4)15(2,3)21(7,17)18/h8-9,14,16H,1-7H3. The Hall–Kier alpha value is -1.27. The van der Waals surface area contributed by atoms with Crippen molar-refractivity contribution in [1.82, 2.24) is 5.32 Å². The van der Waals surface area contributed by atoms with Crippen LogP contribution in [0.25, 0.3) is 0 Å². The van der Waals surface area contributed by atoms with Crippen LogP contribution in [0.1, 0.15) is 31.0 Å². The van der Waals surface area contributed by atoms with Gasteiger partial charge < -0.3 is 14.8 Å². The molecule has 1 atom stereocenters. The van der Waals surface area contributed by atoms with Gasteiger partial charge in [-0.05, 0) is 51.1 Å². The molecule has 0 bridgehead atoms. The molecule has 21 heavy (non-hydrogen) atoms. The first-order valence-corrected chi connectivity index (χ1v) is 8.58. The van der Waals surface area contributed by atoms with E-state index < -0.39 is 14.6 Å². The molecule has 5 nitrogen and oxygen atoms in total. The molecule has 0 aliphatic carbocycles. The Labute approximate surface area is 127 Å². The highest BCUT2D eigenvalue weighted by Crippen LogP contribution is 2.38. The van der Waals surface area contributed by atoms with Crippen LogP contribution in [-0.4, -0.2) is 40.7 Å². The van der Waals surface area contributed by atoms with E-state index in [1.807, 2.05) is 19.1 Å². The molecule has 0 amide bonds. The highest BCUT2D eigenvalue weighted by Gasteiger charge is 2.40. The number of aryl methyl sites for hydroxylation is 1. The third-order valence-corrected chi connectivity index (χ3v) is 6.17. The zero-order valence-corrected chi connectivity index (χ0v) is 14.6. The first kappa shape index (κ1) is 17.8. The lowest BCUT2D eigenvalue weighted by Gasteiger charge is -2.34. The number of methoxy groups -OCH3 is 2. The average molecular weight is 315 g/mol. The molecule has 0 saturated carbocycles. The van der Waals surface area contributed by atoms with Crippen molar-refractivity contribution in [2.24, 2.45) is 0 Å². The Morgan fingerprint density at radius 1 is 1.14 bits per heavy atom. The molecule has 0 fully saturated rings. The van der Waals surface area contributed by atoms with Crippen molar-refractivity contribution in [2.75, 3.05) is 27.5 Å². The van der Waals surface area contributed by atoms with E-state index in [0.717, 1.165) is 11.1 Å². The fraction of sp³-hybridized carbons (Fsp3) is 0.600. The maximum absolute atomic E-state index is 12.1. The lowest BCUT2D eigenvalue weighted by atomic mass is 9.91. The second-order valence-corrected chi connectivity index (χ2v) is 8.26. The molecule has 0 heterocycles. The van der Waals surface area contributed by atoms with Crippen molar-refractivity contribution in [3.05, 3.63) is 23.3 Å². The molecule has 0 aliphatic heterocycles. The highest BCUT2D eigenvalue weighted by atomic mass is 32.2. The van der Waals surface area contributed by atoms with Crippen LogP contribution in [0.5, 0.6) is 11.5 Å². The van der Waals surface area contributed by atoms with E-state index in [9.17, 15) is 8.42 Å². The van der Waals surface area contributed by atoms with Gasteiger partial charge in [0.05, 0.1) is 25.0 Å². The normalized spacial score (nSPS) is 13.9. The predicted molar refractivity (Wildman–Crippen MR) is 85.0 cm³/mol. The molecule has 1 N–H and O–H groups in total. The maximum Gasteiger partial charge on any atom is 0.161 e. The Kier molecular flexibility index (Phi) is 5.28. The van der Waals surface area contributed by atoms with E-state index >= 15 is 0 Å². The Bertz CT molecular complexity index is 608. The topological polar surface area (TPSA) is 64.6 Å². The molecule has 0 aliphatic rings. The van der Waals surface area contributed by atoms with Crippen LogP contribution in [0.4, 0.5) is 0 Å². The van der Waals surface area contributed by atoms with E-state index in [1.54, 1.807) is 35.1 Å². The van der Waals surface area contributed by atoms with Gasteiger partial charge in [-0.25, -0.2) is 8.42 Å². The van der Waals surface area contributed by atoms with Crippen LogP contribution in [0, 0.1) is 6.92 Å². The molecule has 0 aromatic heterocycles. The smallest absolute Gasteiger partial charge is 0.161 e. The zero-order valence-electron chi connectivity index (χ0n) is 13.8. The van der Waals surface area contributed by atoms with E-state index in [0.29, 0.717) is 11.5 Å². The molecule has 120 valence electrons. The summed E-state index contributed by atoms with van der Waals surface area (Å²) >= 11 is 0. The van der Waals surface area contributed by atoms with Gasteiger partial charge in [-0.1, -0.05) is 0 Å². The summed E-state index contributed by atoms with van der Waals surface area (Å²) in [4.78, 5) is 0. The van der Waals surface area contributed by atoms with Gasteiger partial charge in [0.15, 0.2) is 21.3 Å². The van der Waals surface area contributed by atoms with Crippen LogP contribution in [-0.2, 0) is 9.84 Å². The number of hydrogen-bond acceptors (Lipinski definition) is 5. The number of rotatable bonds is 6. The van der Waals surface area contributed by atoms with Gasteiger partial charge >= 0.3 is 0 Å². The largest absolute Gasteiger partial charge is 0.493 e. The second-order valence-electron chi connectivity index (χ2n) is 5.66. The van der Waals surface area contributed by atoms with E-state index in [2.05, 4.69) is 5.32 Å². The number of nitrogens with one attached hydrogen (secondary N) is 1. The van der Waals surface area contributed by atoms with Gasteiger partial charge in [0.1, 0.15) is 0 Å². The third-order valence-electron chi connectivity index (χ3n) is 4.02. The van der Waals surface area contributed by atoms with E-state index in [1.165, 1.54) is 6.26 Å². The van der Waals surface area contributed by atoms with Crippen LogP contribution >= 0.6 is 0 Å².